The van der Waals surface area contributed by atoms with Gasteiger partial charge in [-0.15, -0.1) is 0 Å². The van der Waals surface area contributed by atoms with Crippen molar-refractivity contribution >= 4 is 0 Å². The highest BCUT2D eigenvalue weighted by molar-refractivity contribution is 4.79. The van der Waals surface area contributed by atoms with Crippen molar-refractivity contribution < 1.29 is 0 Å². The zero-order chi connectivity index (χ0) is 12.8. The summed E-state index contributed by atoms with van der Waals surface area (Å²) in [7, 11) is 0. The van der Waals surface area contributed by atoms with Gasteiger partial charge in [0.05, 0.1) is 0 Å². The van der Waals surface area contributed by atoms with Gasteiger partial charge in [0.1, 0.15) is 0 Å². The highest BCUT2D eigenvalue weighted by Gasteiger charge is 2.22. The molecular weight excluding hydrogens is 220 g/mol. The molecule has 18 heavy (non-hydrogen) atoms. The third-order valence-corrected chi connectivity index (χ3v) is 5.27. The van der Waals surface area contributed by atoms with Gasteiger partial charge in [0.2, 0.25) is 0 Å². The minimum atomic E-state index is 0.719. The van der Waals surface area contributed by atoms with E-state index in [0.29, 0.717) is 0 Å². The van der Waals surface area contributed by atoms with E-state index in [4.69, 9.17) is 0 Å². The van der Waals surface area contributed by atoms with Crippen molar-refractivity contribution in [1.29, 1.82) is 0 Å². The maximum Gasteiger partial charge on any atom is 0.00794 e. The molecule has 0 aromatic carbocycles. The van der Waals surface area contributed by atoms with Crippen LogP contribution in [0.25, 0.3) is 0 Å². The van der Waals surface area contributed by atoms with Crippen molar-refractivity contribution in [3.05, 3.63) is 0 Å². The smallest absolute Gasteiger partial charge is 0.00794 e. The van der Waals surface area contributed by atoms with Crippen LogP contribution >= 0.6 is 0 Å². The molecule has 0 aromatic heterocycles. The monoisotopic (exact) mass is 252 g/mol. The fourth-order valence-electron chi connectivity index (χ4n) is 3.85. The van der Waals surface area contributed by atoms with Crippen molar-refractivity contribution in [3.8, 4) is 0 Å². The fourth-order valence-corrected chi connectivity index (χ4v) is 3.85. The average molecular weight is 252 g/mol. The van der Waals surface area contributed by atoms with Crippen molar-refractivity contribution in [3.63, 3.8) is 0 Å². The van der Waals surface area contributed by atoms with Gasteiger partial charge in [0, 0.05) is 25.2 Å². The summed E-state index contributed by atoms with van der Waals surface area (Å²) in [5, 5.41) is 7.42. The van der Waals surface area contributed by atoms with E-state index in [9.17, 15) is 0 Å². The molecule has 0 spiro atoms. The first-order chi connectivity index (χ1) is 8.77. The highest BCUT2D eigenvalue weighted by Crippen LogP contribution is 2.28. The molecule has 0 amide bonds. The lowest BCUT2D eigenvalue weighted by molar-refractivity contribution is 0.353. The maximum atomic E-state index is 3.71. The second-order valence-electron chi connectivity index (χ2n) is 6.57. The van der Waals surface area contributed by atoms with E-state index in [1.54, 1.807) is 0 Å². The number of hydrogen-bond acceptors (Lipinski definition) is 2. The molecule has 0 saturated heterocycles. The van der Waals surface area contributed by atoms with Gasteiger partial charge >= 0.3 is 0 Å². The first-order valence-corrected chi connectivity index (χ1v) is 8.24. The predicted molar refractivity (Wildman–Crippen MR) is 78.8 cm³/mol. The van der Waals surface area contributed by atoms with E-state index in [0.717, 1.165) is 37.0 Å². The zero-order valence-corrected chi connectivity index (χ0v) is 12.4. The zero-order valence-electron chi connectivity index (χ0n) is 12.4. The van der Waals surface area contributed by atoms with Crippen molar-refractivity contribution in [2.45, 2.75) is 77.3 Å². The normalized spacial score (nSPS) is 25.7. The standard InChI is InChI=1S/C16H32N2/c1-13(15-7-3-4-8-15)17-11-12-18-14(2)16-9-5-6-10-16/h13-18H,3-12H2,1-2H3/t13-,14-/m0/s1. The third kappa shape index (κ3) is 4.24. The third-order valence-electron chi connectivity index (χ3n) is 5.27. The summed E-state index contributed by atoms with van der Waals surface area (Å²) in [5.74, 6) is 1.88. The first-order valence-electron chi connectivity index (χ1n) is 8.24. The van der Waals surface area contributed by atoms with E-state index in [1.165, 1.54) is 51.4 Å². The summed E-state index contributed by atoms with van der Waals surface area (Å²) in [6, 6.07) is 1.44. The van der Waals surface area contributed by atoms with Gasteiger partial charge in [0.25, 0.3) is 0 Å². The van der Waals surface area contributed by atoms with Crippen molar-refractivity contribution in [1.82, 2.24) is 10.6 Å². The Morgan fingerprint density at radius 1 is 0.722 bits per heavy atom. The molecule has 2 atom stereocenters. The summed E-state index contributed by atoms with van der Waals surface area (Å²) >= 11 is 0. The quantitative estimate of drug-likeness (QED) is 0.679. The summed E-state index contributed by atoms with van der Waals surface area (Å²) in [6.07, 6.45) is 11.6. The second kappa shape index (κ2) is 7.49. The molecule has 106 valence electrons. The van der Waals surface area contributed by atoms with Crippen LogP contribution in [0.5, 0.6) is 0 Å². The van der Waals surface area contributed by atoms with Crippen LogP contribution in [-0.2, 0) is 0 Å². The van der Waals surface area contributed by atoms with Gasteiger partial charge < -0.3 is 10.6 Å². The van der Waals surface area contributed by atoms with Crippen LogP contribution in [0, 0.1) is 11.8 Å². The van der Waals surface area contributed by atoms with Gasteiger partial charge in [-0.05, 0) is 51.4 Å². The molecule has 0 heterocycles. The Hall–Kier alpha value is -0.0800. The van der Waals surface area contributed by atoms with Crippen LogP contribution in [0.3, 0.4) is 0 Å². The Morgan fingerprint density at radius 2 is 1.06 bits per heavy atom. The number of nitrogens with one attached hydrogen (secondary N) is 2. The average Bonchev–Trinajstić information content (AvgIpc) is 3.05. The van der Waals surface area contributed by atoms with E-state index in [2.05, 4.69) is 24.5 Å². The molecule has 0 bridgehead atoms. The van der Waals surface area contributed by atoms with Crippen LogP contribution in [0.1, 0.15) is 65.2 Å². The lowest BCUT2D eigenvalue weighted by Gasteiger charge is -2.23. The Bertz CT molecular complexity index is 193. The van der Waals surface area contributed by atoms with E-state index < -0.39 is 0 Å². The Morgan fingerprint density at radius 3 is 1.39 bits per heavy atom. The Balaban J connectivity index is 1.52. The fraction of sp³-hybridized carbons (Fsp3) is 1.00. The topological polar surface area (TPSA) is 24.1 Å². The second-order valence-corrected chi connectivity index (χ2v) is 6.57. The molecule has 2 N–H and O–H groups in total. The van der Waals surface area contributed by atoms with Gasteiger partial charge in [0.15, 0.2) is 0 Å². The Kier molecular flexibility index (Phi) is 5.97. The molecule has 0 aromatic rings. The van der Waals surface area contributed by atoms with E-state index in [1.807, 2.05) is 0 Å². The minimum Gasteiger partial charge on any atom is -0.313 e. The summed E-state index contributed by atoms with van der Waals surface area (Å²) < 4.78 is 0. The van der Waals surface area contributed by atoms with Crippen LogP contribution in [0.2, 0.25) is 0 Å². The first kappa shape index (κ1) is 14.3. The molecule has 0 aliphatic heterocycles. The van der Waals surface area contributed by atoms with Crippen LogP contribution in [0.4, 0.5) is 0 Å². The molecule has 2 nitrogen and oxygen atoms in total. The largest absolute Gasteiger partial charge is 0.313 e. The highest BCUT2D eigenvalue weighted by atomic mass is 15.0. The summed E-state index contributed by atoms with van der Waals surface area (Å²) in [4.78, 5) is 0. The van der Waals surface area contributed by atoms with Crippen LogP contribution in [-0.4, -0.2) is 25.2 Å². The SMILES string of the molecule is C[C@H](NCCN[C@@H](C)C1CCCC1)C1CCCC1. The Labute approximate surface area is 113 Å². The lowest BCUT2D eigenvalue weighted by atomic mass is 9.99. The van der Waals surface area contributed by atoms with Crippen molar-refractivity contribution in [2.75, 3.05) is 13.1 Å². The molecule has 2 fully saturated rings. The van der Waals surface area contributed by atoms with Gasteiger partial charge in [-0.3, -0.25) is 0 Å². The predicted octanol–water partition coefficient (Wildman–Crippen LogP) is 3.32. The molecule has 2 aliphatic rings. The van der Waals surface area contributed by atoms with Crippen LogP contribution in [0.15, 0.2) is 0 Å². The summed E-state index contributed by atoms with van der Waals surface area (Å²) in [6.45, 7) is 7.01. The van der Waals surface area contributed by atoms with Crippen molar-refractivity contribution in [2.24, 2.45) is 11.8 Å². The van der Waals surface area contributed by atoms with Crippen LogP contribution < -0.4 is 10.6 Å². The molecule has 0 radical (unpaired) electrons. The molecular formula is C16H32N2. The van der Waals surface area contributed by atoms with E-state index >= 15 is 0 Å². The van der Waals surface area contributed by atoms with Gasteiger partial charge in [-0.25, -0.2) is 0 Å². The van der Waals surface area contributed by atoms with Gasteiger partial charge in [-0.2, -0.15) is 0 Å². The number of rotatable bonds is 7. The van der Waals surface area contributed by atoms with E-state index in [-0.39, 0.29) is 0 Å². The number of hydrogen-bond donors (Lipinski definition) is 2. The molecule has 2 heteroatoms. The van der Waals surface area contributed by atoms with Gasteiger partial charge in [-0.1, -0.05) is 25.7 Å². The molecule has 0 unspecified atom stereocenters. The molecule has 2 rings (SSSR count). The minimum absolute atomic E-state index is 0.719. The molecule has 2 aliphatic carbocycles. The molecule has 2 saturated carbocycles. The maximum absolute atomic E-state index is 3.71. The summed E-state index contributed by atoms with van der Waals surface area (Å²) in [5.41, 5.74) is 0. The lowest BCUT2D eigenvalue weighted by Crippen LogP contribution is -2.41.